The van der Waals surface area contributed by atoms with E-state index in [1.54, 1.807) is 0 Å². The van der Waals surface area contributed by atoms with Crippen LogP contribution in [0.5, 0.6) is 0 Å². The molecule has 0 spiro atoms. The van der Waals surface area contributed by atoms with Crippen molar-refractivity contribution in [3.8, 4) is 0 Å². The van der Waals surface area contributed by atoms with Crippen molar-refractivity contribution >= 4 is 5.78 Å². The molecule has 6 atom stereocenters. The van der Waals surface area contributed by atoms with Gasteiger partial charge in [-0.15, -0.1) is 0 Å². The van der Waals surface area contributed by atoms with Crippen LogP contribution in [0.3, 0.4) is 0 Å². The SMILES string of the molecule is CC12CCC3C4CCC(=O)C=C4CCC3C1CC[C@]2(C)O. The molecule has 0 bridgehead atoms. The minimum Gasteiger partial charge on any atom is -0.390 e. The lowest BCUT2D eigenvalue weighted by Crippen LogP contribution is -2.51. The number of carbonyl (C=O) groups excluding carboxylic acids is 1. The van der Waals surface area contributed by atoms with Gasteiger partial charge < -0.3 is 5.11 Å². The maximum absolute atomic E-state index is 11.7. The zero-order chi connectivity index (χ0) is 14.8. The van der Waals surface area contributed by atoms with Crippen molar-refractivity contribution in [3.05, 3.63) is 11.6 Å². The topological polar surface area (TPSA) is 37.3 Å². The van der Waals surface area contributed by atoms with Crippen molar-refractivity contribution in [2.45, 2.75) is 70.8 Å². The number of rotatable bonds is 0. The second-order valence-electron chi connectivity index (χ2n) is 8.57. The van der Waals surface area contributed by atoms with E-state index in [2.05, 4.69) is 13.8 Å². The van der Waals surface area contributed by atoms with Gasteiger partial charge in [-0.2, -0.15) is 0 Å². The van der Waals surface area contributed by atoms with Crippen molar-refractivity contribution in [1.29, 1.82) is 0 Å². The van der Waals surface area contributed by atoms with Crippen LogP contribution in [0.1, 0.15) is 65.2 Å². The quantitative estimate of drug-likeness (QED) is 0.734. The van der Waals surface area contributed by atoms with Gasteiger partial charge in [-0.25, -0.2) is 0 Å². The Morgan fingerprint density at radius 3 is 2.67 bits per heavy atom. The van der Waals surface area contributed by atoms with E-state index in [1.165, 1.54) is 31.3 Å². The first-order chi connectivity index (χ1) is 9.92. The highest BCUT2D eigenvalue weighted by molar-refractivity contribution is 5.91. The normalized spacial score (nSPS) is 52.7. The lowest BCUT2D eigenvalue weighted by molar-refractivity contribution is -0.117. The van der Waals surface area contributed by atoms with Crippen LogP contribution >= 0.6 is 0 Å². The minimum absolute atomic E-state index is 0.125. The number of allylic oxidation sites excluding steroid dienone is 1. The summed E-state index contributed by atoms with van der Waals surface area (Å²) in [6, 6.07) is 0. The molecular weight excluding hydrogens is 260 g/mol. The molecule has 3 saturated carbocycles. The van der Waals surface area contributed by atoms with Crippen molar-refractivity contribution in [2.24, 2.45) is 29.1 Å². The van der Waals surface area contributed by atoms with Crippen LogP contribution in [0, 0.1) is 29.1 Å². The largest absolute Gasteiger partial charge is 0.390 e. The van der Waals surface area contributed by atoms with Gasteiger partial charge >= 0.3 is 0 Å². The zero-order valence-corrected chi connectivity index (χ0v) is 13.4. The molecule has 2 heteroatoms. The average molecular weight is 288 g/mol. The van der Waals surface area contributed by atoms with Crippen molar-refractivity contribution in [1.82, 2.24) is 0 Å². The molecule has 0 amide bonds. The van der Waals surface area contributed by atoms with Gasteiger partial charge in [0, 0.05) is 6.42 Å². The van der Waals surface area contributed by atoms with E-state index in [-0.39, 0.29) is 5.41 Å². The molecule has 0 aliphatic heterocycles. The molecule has 21 heavy (non-hydrogen) atoms. The van der Waals surface area contributed by atoms with Gasteiger partial charge in [-0.3, -0.25) is 4.79 Å². The van der Waals surface area contributed by atoms with Crippen LogP contribution < -0.4 is 0 Å². The lowest BCUT2D eigenvalue weighted by atomic mass is 9.51. The van der Waals surface area contributed by atoms with Crippen LogP contribution in [-0.2, 0) is 4.79 Å². The Balaban J connectivity index is 1.64. The van der Waals surface area contributed by atoms with E-state index in [4.69, 9.17) is 0 Å². The monoisotopic (exact) mass is 288 g/mol. The molecule has 0 saturated heterocycles. The van der Waals surface area contributed by atoms with Crippen molar-refractivity contribution in [2.75, 3.05) is 0 Å². The minimum atomic E-state index is -0.471. The van der Waals surface area contributed by atoms with Gasteiger partial charge in [0.1, 0.15) is 0 Å². The van der Waals surface area contributed by atoms with E-state index in [1.807, 2.05) is 6.08 Å². The van der Waals surface area contributed by atoms with E-state index < -0.39 is 5.60 Å². The van der Waals surface area contributed by atoms with E-state index >= 15 is 0 Å². The standard InChI is InChI=1S/C19H28O2/c1-18-9-7-15-14-6-4-13(20)11-12(14)3-5-16(15)17(18)8-10-19(18,2)21/h11,14-17,21H,3-10H2,1-2H3/t14?,15?,16?,17?,18?,19-/m0/s1. The molecule has 3 fully saturated rings. The van der Waals surface area contributed by atoms with E-state index in [0.717, 1.165) is 37.5 Å². The number of hydrogen-bond acceptors (Lipinski definition) is 2. The summed E-state index contributed by atoms with van der Waals surface area (Å²) >= 11 is 0. The Bertz CT molecular complexity index is 504. The van der Waals surface area contributed by atoms with Crippen LogP contribution in [0.2, 0.25) is 0 Å². The second kappa shape index (κ2) is 4.44. The number of ketones is 1. The molecule has 2 nitrogen and oxygen atoms in total. The Morgan fingerprint density at radius 1 is 1.05 bits per heavy atom. The van der Waals surface area contributed by atoms with Crippen molar-refractivity contribution in [3.63, 3.8) is 0 Å². The van der Waals surface area contributed by atoms with Crippen LogP contribution in [-0.4, -0.2) is 16.5 Å². The van der Waals surface area contributed by atoms with Gasteiger partial charge in [0.05, 0.1) is 5.60 Å². The fraction of sp³-hybridized carbons (Fsp3) is 0.842. The Kier molecular flexibility index (Phi) is 2.96. The Hall–Kier alpha value is -0.630. The van der Waals surface area contributed by atoms with Crippen molar-refractivity contribution < 1.29 is 9.90 Å². The first kappa shape index (κ1) is 14.0. The van der Waals surface area contributed by atoms with Gasteiger partial charge in [0.2, 0.25) is 0 Å². The summed E-state index contributed by atoms with van der Waals surface area (Å²) in [7, 11) is 0. The molecule has 0 aromatic carbocycles. The third kappa shape index (κ3) is 1.84. The number of fused-ring (bicyclic) bond motifs is 5. The molecule has 116 valence electrons. The molecule has 4 rings (SSSR count). The summed E-state index contributed by atoms with van der Waals surface area (Å²) in [6.07, 6.45) is 10.8. The van der Waals surface area contributed by atoms with E-state index in [9.17, 15) is 9.90 Å². The smallest absolute Gasteiger partial charge is 0.155 e. The van der Waals surface area contributed by atoms with Gasteiger partial charge in [-0.1, -0.05) is 12.5 Å². The maximum atomic E-state index is 11.7. The van der Waals surface area contributed by atoms with Crippen LogP contribution in [0.15, 0.2) is 11.6 Å². The second-order valence-corrected chi connectivity index (χ2v) is 8.57. The maximum Gasteiger partial charge on any atom is 0.155 e. The highest BCUT2D eigenvalue weighted by Crippen LogP contribution is 2.64. The van der Waals surface area contributed by atoms with Gasteiger partial charge in [0.25, 0.3) is 0 Å². The Labute approximate surface area is 128 Å². The third-order valence-corrected chi connectivity index (χ3v) is 7.86. The predicted octanol–water partition coefficient (Wildman–Crippen LogP) is 3.88. The van der Waals surface area contributed by atoms with Gasteiger partial charge in [-0.05, 0) is 87.0 Å². The number of hydrogen-bond donors (Lipinski definition) is 1. The summed E-state index contributed by atoms with van der Waals surface area (Å²) < 4.78 is 0. The molecule has 0 aromatic rings. The summed E-state index contributed by atoms with van der Waals surface area (Å²) in [5.74, 6) is 3.30. The summed E-state index contributed by atoms with van der Waals surface area (Å²) in [5, 5.41) is 10.9. The third-order valence-electron chi connectivity index (χ3n) is 7.86. The molecule has 0 radical (unpaired) electrons. The average Bonchev–Trinajstić information content (AvgIpc) is 2.69. The molecule has 4 aliphatic carbocycles. The van der Waals surface area contributed by atoms with Crippen LogP contribution in [0.4, 0.5) is 0 Å². The van der Waals surface area contributed by atoms with Crippen LogP contribution in [0.25, 0.3) is 0 Å². The first-order valence-corrected chi connectivity index (χ1v) is 8.88. The lowest BCUT2D eigenvalue weighted by Gasteiger charge is -2.55. The number of aliphatic hydroxyl groups is 1. The molecule has 4 aliphatic rings. The van der Waals surface area contributed by atoms with E-state index in [0.29, 0.717) is 17.6 Å². The Morgan fingerprint density at radius 2 is 1.86 bits per heavy atom. The molecular formula is C19H28O2. The fourth-order valence-corrected chi connectivity index (χ4v) is 6.42. The fourth-order valence-electron chi connectivity index (χ4n) is 6.42. The summed E-state index contributed by atoms with van der Waals surface area (Å²) in [6.45, 7) is 4.41. The predicted molar refractivity (Wildman–Crippen MR) is 82.7 cm³/mol. The molecule has 1 N–H and O–H groups in total. The highest BCUT2D eigenvalue weighted by atomic mass is 16.3. The zero-order valence-electron chi connectivity index (χ0n) is 13.4. The molecule has 5 unspecified atom stereocenters. The molecule has 0 aromatic heterocycles. The summed E-state index contributed by atoms with van der Waals surface area (Å²) in [5.41, 5.74) is 1.11. The summed E-state index contributed by atoms with van der Waals surface area (Å²) in [4.78, 5) is 11.7. The first-order valence-electron chi connectivity index (χ1n) is 8.88. The highest BCUT2D eigenvalue weighted by Gasteiger charge is 2.60. The van der Waals surface area contributed by atoms with Gasteiger partial charge in [0.15, 0.2) is 5.78 Å². The number of carbonyl (C=O) groups is 1. The molecule has 0 heterocycles.